The van der Waals surface area contributed by atoms with Crippen molar-refractivity contribution in [3.05, 3.63) is 303 Å². The Morgan fingerprint density at radius 1 is 0.444 bits per heavy atom. The number of hydrogen-bond acceptors (Lipinski definition) is 4. The second-order valence-electron chi connectivity index (χ2n) is 23.0. The van der Waals surface area contributed by atoms with Gasteiger partial charge in [0.15, 0.2) is 0 Å². The van der Waals surface area contributed by atoms with E-state index in [1.807, 2.05) is 126 Å². The van der Waals surface area contributed by atoms with Crippen molar-refractivity contribution in [1.82, 2.24) is 33.2 Å². The van der Waals surface area contributed by atoms with Crippen molar-refractivity contribution < 1.29 is 39.3 Å². The summed E-state index contributed by atoms with van der Waals surface area (Å²) >= 11 is 0. The summed E-state index contributed by atoms with van der Waals surface area (Å²) < 4.78 is 99.7. The maximum Gasteiger partial charge on any atom is 0.268 e. The van der Waals surface area contributed by atoms with Crippen LogP contribution in [-0.4, -0.2) is 33.2 Å². The monoisotopic (exact) mass is 1350 g/mol. The molecule has 0 amide bonds. The van der Waals surface area contributed by atoms with E-state index in [9.17, 15) is 5.48 Å². The van der Waals surface area contributed by atoms with Gasteiger partial charge in [-0.1, -0.05) is 232 Å². The molecule has 432 valence electrons. The van der Waals surface area contributed by atoms with Gasteiger partial charge in [-0.25, -0.2) is 4.98 Å². The molecule has 0 aliphatic rings. The molecule has 11 aromatic carbocycles. The number of anilines is 3. The van der Waals surface area contributed by atoms with Gasteiger partial charge >= 0.3 is 0 Å². The Labute approximate surface area is 548 Å². The SMILES string of the molecule is [2H]c1c([2H])c([2H])c(-c2cccc(-c3c([2H])c([2H])c([2H])c([2H])c3[2H])c2-[n+]2[c-]n(-c3[c-]c(N(c4[c-]c5c(cc4)c4ccccc4n5-c4cc(C(C)(C)C)ccn4)c4nc(-n5c6ccccc6c6ccccc65)cc(-n5c6ccccc6c6ccccc65)n4)ccc3)c3ccccc32)c([2H])c1[2H].[Pt]. The quantitative estimate of drug-likeness (QED) is 0.101. The Balaban J connectivity index is 0.00000778. The average Bonchev–Trinajstić information content (AvgIpc) is 1.51. The molecule has 0 saturated carbocycles. The number of nitrogens with zero attached hydrogens (tertiary/aromatic N) is 9. The van der Waals surface area contributed by atoms with E-state index in [-0.39, 0.29) is 60.4 Å². The maximum absolute atomic E-state index is 9.32. The minimum absolute atomic E-state index is 0. The molecule has 0 aliphatic carbocycles. The predicted molar refractivity (Wildman–Crippen MR) is 362 cm³/mol. The third-order valence-electron chi connectivity index (χ3n) is 16.8. The van der Waals surface area contributed by atoms with Crippen LogP contribution >= 0.6 is 0 Å². The van der Waals surface area contributed by atoms with Gasteiger partial charge in [-0.15, -0.1) is 23.6 Å². The van der Waals surface area contributed by atoms with Crippen LogP contribution in [0.15, 0.2) is 279 Å². The molecule has 0 unspecified atom stereocenters. The van der Waals surface area contributed by atoms with Crippen LogP contribution in [0.3, 0.4) is 0 Å². The second-order valence-corrected chi connectivity index (χ2v) is 23.0. The van der Waals surface area contributed by atoms with Crippen molar-refractivity contribution in [2.24, 2.45) is 0 Å². The van der Waals surface area contributed by atoms with E-state index in [1.54, 1.807) is 27.3 Å². The van der Waals surface area contributed by atoms with Crippen LogP contribution in [0.2, 0.25) is 0 Å². The number of rotatable bonds is 10. The largest absolute Gasteiger partial charge is 0.328 e. The molecule has 0 atom stereocenters. The third-order valence-corrected chi connectivity index (χ3v) is 16.8. The molecule has 10 heteroatoms. The predicted octanol–water partition coefficient (Wildman–Crippen LogP) is 18.9. The summed E-state index contributed by atoms with van der Waals surface area (Å²) in [6.45, 7) is 6.56. The minimum atomic E-state index is -0.591. The second kappa shape index (κ2) is 21.7. The van der Waals surface area contributed by atoms with E-state index in [4.69, 9.17) is 23.2 Å². The minimum Gasteiger partial charge on any atom is -0.328 e. The standard InChI is InChI=1S/C80H55N9.Pt/c1-80(2,3)55-46-47-81-75(48-55)89-71-41-19-14-34-65(71)66-45-44-58(50-74(66)89)86(57-29-22-28-56(49-57)84-52-85(73-43-21-20-42-72(73)84)78-59(53-24-6-4-7-25-53)35-23-36-60(78)54-26-8-5-9-27-54)79-82-76(87-67-37-15-10-30-61(67)62-31-11-16-38-68(62)87)51-77(83-79)88-69-39-17-12-32-63(69)64-33-13-18-40-70(64)88;/h4-48,51H,1-3H3;/q-2;/i4D,5D,6D,7D,8D,9D,24D,25D,26D,27D;. The van der Waals surface area contributed by atoms with Crippen molar-refractivity contribution in [2.75, 3.05) is 4.90 Å². The number of hydrogen-bond donors (Lipinski definition) is 0. The fourth-order valence-corrected chi connectivity index (χ4v) is 12.7. The zero-order valence-electron chi connectivity index (χ0n) is 58.6. The first-order valence-electron chi connectivity index (χ1n) is 34.3. The summed E-state index contributed by atoms with van der Waals surface area (Å²) in [5, 5.41) is 6.12. The molecule has 0 fully saturated rings. The fraction of sp³-hybridized carbons (Fsp3) is 0.0500. The summed E-state index contributed by atoms with van der Waals surface area (Å²) in [4.78, 5) is 18.5. The summed E-state index contributed by atoms with van der Waals surface area (Å²) in [5.41, 5.74) is 8.91. The fourth-order valence-electron chi connectivity index (χ4n) is 12.7. The topological polar surface area (TPSA) is 65.5 Å². The Morgan fingerprint density at radius 3 is 1.47 bits per heavy atom. The van der Waals surface area contributed by atoms with E-state index >= 15 is 0 Å². The van der Waals surface area contributed by atoms with Gasteiger partial charge < -0.3 is 14.0 Å². The van der Waals surface area contributed by atoms with E-state index in [0.717, 1.165) is 71.0 Å². The van der Waals surface area contributed by atoms with Gasteiger partial charge in [0.25, 0.3) is 6.33 Å². The first-order valence-corrected chi connectivity index (χ1v) is 29.3. The first-order chi connectivity index (χ1) is 47.9. The zero-order valence-corrected chi connectivity index (χ0v) is 50.9. The molecule has 6 aromatic heterocycles. The molecule has 0 aliphatic heterocycles. The molecule has 90 heavy (non-hydrogen) atoms. The van der Waals surface area contributed by atoms with Crippen molar-refractivity contribution in [1.29, 1.82) is 0 Å². The summed E-state index contributed by atoms with van der Waals surface area (Å²) in [6.07, 6.45) is 5.43. The molecular formula is C80H55N9Pt-2. The molecule has 17 rings (SSSR count). The van der Waals surface area contributed by atoms with E-state index in [2.05, 4.69) is 132 Å². The molecular weight excluding hydrogens is 1280 g/mol. The van der Waals surface area contributed by atoms with Crippen molar-refractivity contribution in [3.63, 3.8) is 0 Å². The first kappa shape index (κ1) is 44.4. The van der Waals surface area contributed by atoms with Crippen LogP contribution in [0.1, 0.15) is 40.0 Å². The zero-order chi connectivity index (χ0) is 68.0. The van der Waals surface area contributed by atoms with Gasteiger partial charge in [0, 0.05) is 60.4 Å². The summed E-state index contributed by atoms with van der Waals surface area (Å²) in [6, 6.07) is 72.1. The molecule has 0 bridgehead atoms. The molecule has 17 aromatic rings. The van der Waals surface area contributed by atoms with Crippen molar-refractivity contribution in [2.45, 2.75) is 26.2 Å². The van der Waals surface area contributed by atoms with Crippen LogP contribution in [0.4, 0.5) is 17.3 Å². The smallest absolute Gasteiger partial charge is 0.268 e. The number of pyridine rings is 1. The van der Waals surface area contributed by atoms with Gasteiger partial charge in [0.2, 0.25) is 5.95 Å². The van der Waals surface area contributed by atoms with Crippen LogP contribution < -0.4 is 9.47 Å². The molecule has 0 saturated heterocycles. The Hall–Kier alpha value is -11.0. The van der Waals surface area contributed by atoms with Gasteiger partial charge in [-0.2, -0.15) is 34.2 Å². The molecule has 0 N–H and O–H groups in total. The van der Waals surface area contributed by atoms with Gasteiger partial charge in [-0.3, -0.25) is 13.7 Å². The van der Waals surface area contributed by atoms with Crippen LogP contribution in [0, 0.1) is 18.5 Å². The van der Waals surface area contributed by atoms with E-state index in [0.29, 0.717) is 45.5 Å². The molecule has 0 spiro atoms. The summed E-state index contributed by atoms with van der Waals surface area (Å²) in [7, 11) is 0. The van der Waals surface area contributed by atoms with Crippen LogP contribution in [-0.2, 0) is 26.5 Å². The van der Waals surface area contributed by atoms with Gasteiger partial charge in [-0.05, 0) is 86.8 Å². The number of para-hydroxylation sites is 8. The number of aromatic nitrogens is 8. The number of fused-ring (bicyclic) bond motifs is 10. The third kappa shape index (κ3) is 8.87. The van der Waals surface area contributed by atoms with Crippen LogP contribution in [0.25, 0.3) is 128 Å². The van der Waals surface area contributed by atoms with Crippen LogP contribution in [0.5, 0.6) is 0 Å². The Morgan fingerprint density at radius 2 is 0.922 bits per heavy atom. The van der Waals surface area contributed by atoms with E-state index < -0.39 is 60.4 Å². The molecule has 6 heterocycles. The number of benzene rings is 11. The number of imidazole rings is 1. The average molecular weight is 1350 g/mol. The van der Waals surface area contributed by atoms with Gasteiger partial charge in [0.1, 0.15) is 17.5 Å². The normalized spacial score (nSPS) is 13.4. The van der Waals surface area contributed by atoms with Crippen molar-refractivity contribution in [3.8, 4) is 51.1 Å². The van der Waals surface area contributed by atoms with E-state index in [1.165, 1.54) is 0 Å². The summed E-state index contributed by atoms with van der Waals surface area (Å²) in [5.74, 6) is 2.13. The molecule has 9 nitrogen and oxygen atoms in total. The Kier molecular flexibility index (Phi) is 10.7. The van der Waals surface area contributed by atoms with Gasteiger partial charge in [0.05, 0.1) is 52.5 Å². The Bertz CT molecular complexity index is 5900. The maximum atomic E-state index is 9.32. The van der Waals surface area contributed by atoms with Crippen molar-refractivity contribution >= 4 is 93.8 Å². The molecule has 0 radical (unpaired) electrons.